The number of fused-ring (bicyclic) bond motifs is 1. The lowest BCUT2D eigenvalue weighted by atomic mass is 10.1. The topological polar surface area (TPSA) is 108 Å². The van der Waals surface area contributed by atoms with Crippen molar-refractivity contribution in [3.05, 3.63) is 5.21 Å². The molecule has 3 unspecified atom stereocenters. The summed E-state index contributed by atoms with van der Waals surface area (Å²) < 4.78 is 3.69. The lowest BCUT2D eigenvalue weighted by molar-refractivity contribution is -1.01. The van der Waals surface area contributed by atoms with E-state index in [2.05, 4.69) is 10.1 Å². The normalized spacial score (nSPS) is 36.8. The Labute approximate surface area is 105 Å². The second kappa shape index (κ2) is 4.81. The van der Waals surface area contributed by atoms with Crippen molar-refractivity contribution in [1.82, 2.24) is 10.3 Å². The lowest BCUT2D eigenvalue weighted by Gasteiger charge is -2.54. The number of rotatable bonds is 1. The fourth-order valence-electron chi connectivity index (χ4n) is 2.46. The average Bonchev–Trinajstić information content (AvgIpc) is 2.54. The molecule has 2 fully saturated rings. The van der Waals surface area contributed by atoms with Gasteiger partial charge in [-0.05, 0) is 0 Å². The quantitative estimate of drug-likeness (QED) is 0.336. The Balaban J connectivity index is 2.25. The molecule has 2 aliphatic heterocycles. The SMILES string of the molecule is COC(=O)C1CNCN2C(=O)CCC(N)[N+]2([O-])C1. The van der Waals surface area contributed by atoms with Crippen LogP contribution in [0.3, 0.4) is 0 Å². The smallest absolute Gasteiger partial charge is 0.315 e. The van der Waals surface area contributed by atoms with Crippen molar-refractivity contribution in [1.29, 1.82) is 0 Å². The van der Waals surface area contributed by atoms with Crippen LogP contribution >= 0.6 is 0 Å². The Morgan fingerprint density at radius 3 is 3.06 bits per heavy atom. The summed E-state index contributed by atoms with van der Waals surface area (Å²) in [5, 5.41) is 16.9. The molecule has 8 nitrogen and oxygen atoms in total. The number of ether oxygens (including phenoxy) is 1. The molecule has 0 spiro atoms. The van der Waals surface area contributed by atoms with Crippen LogP contribution in [0.1, 0.15) is 12.8 Å². The van der Waals surface area contributed by atoms with Gasteiger partial charge in [-0.3, -0.25) is 20.6 Å². The first-order valence-electron chi connectivity index (χ1n) is 5.92. The van der Waals surface area contributed by atoms with Gasteiger partial charge in [0.2, 0.25) is 0 Å². The number of carbonyl (C=O) groups excluding carboxylic acids is 2. The van der Waals surface area contributed by atoms with Gasteiger partial charge >= 0.3 is 5.97 Å². The Bertz CT molecular complexity index is 364. The standard InChI is InChI=1S/C10H18N4O4/c1-18-10(16)7-4-12-6-13-9(15)3-2-8(11)14(13,17)5-7/h7-8,12H,2-6,11H2,1H3. The molecule has 0 radical (unpaired) electrons. The molecule has 1 amide bonds. The number of carbonyl (C=O) groups is 2. The van der Waals surface area contributed by atoms with Crippen LogP contribution in [-0.4, -0.2) is 54.7 Å². The number of hydrogen-bond acceptors (Lipinski definition) is 6. The molecule has 0 aromatic heterocycles. The van der Waals surface area contributed by atoms with E-state index < -0.39 is 22.8 Å². The van der Waals surface area contributed by atoms with Crippen LogP contribution in [0.2, 0.25) is 0 Å². The maximum atomic E-state index is 12.8. The van der Waals surface area contributed by atoms with Gasteiger partial charge in [0.15, 0.2) is 6.17 Å². The summed E-state index contributed by atoms with van der Waals surface area (Å²) in [6, 6.07) is 0. The van der Waals surface area contributed by atoms with Crippen LogP contribution in [0.4, 0.5) is 0 Å². The predicted molar refractivity (Wildman–Crippen MR) is 60.9 cm³/mol. The van der Waals surface area contributed by atoms with Crippen LogP contribution in [0.25, 0.3) is 0 Å². The van der Waals surface area contributed by atoms with Crippen molar-refractivity contribution >= 4 is 11.9 Å². The Morgan fingerprint density at radius 1 is 1.67 bits per heavy atom. The van der Waals surface area contributed by atoms with Crippen LogP contribution < -0.4 is 11.1 Å². The number of amides is 1. The van der Waals surface area contributed by atoms with Gasteiger partial charge in [0.25, 0.3) is 5.91 Å². The van der Waals surface area contributed by atoms with E-state index in [4.69, 9.17) is 5.73 Å². The van der Waals surface area contributed by atoms with Gasteiger partial charge in [0, 0.05) is 19.4 Å². The number of nitrogens with two attached hydrogens (primary N) is 1. The van der Waals surface area contributed by atoms with Gasteiger partial charge in [-0.1, -0.05) is 0 Å². The van der Waals surface area contributed by atoms with Crippen molar-refractivity contribution in [3.8, 4) is 0 Å². The fourth-order valence-corrected chi connectivity index (χ4v) is 2.46. The average molecular weight is 258 g/mol. The summed E-state index contributed by atoms with van der Waals surface area (Å²) in [7, 11) is 1.28. The molecule has 18 heavy (non-hydrogen) atoms. The molecular formula is C10H18N4O4. The lowest BCUT2D eigenvalue weighted by Crippen LogP contribution is -2.70. The van der Waals surface area contributed by atoms with E-state index in [0.717, 1.165) is 5.01 Å². The number of quaternary nitrogens is 1. The van der Waals surface area contributed by atoms with Crippen molar-refractivity contribution in [2.24, 2.45) is 11.7 Å². The van der Waals surface area contributed by atoms with Crippen LogP contribution in [0.15, 0.2) is 0 Å². The molecule has 0 aromatic carbocycles. The number of methoxy groups -OCH3 is 1. The summed E-state index contributed by atoms with van der Waals surface area (Å²) >= 11 is 0. The molecule has 2 heterocycles. The zero-order chi connectivity index (χ0) is 13.3. The first kappa shape index (κ1) is 13.2. The summed E-state index contributed by atoms with van der Waals surface area (Å²) in [4.78, 5) is 23.3. The van der Waals surface area contributed by atoms with Crippen LogP contribution in [0.5, 0.6) is 0 Å². The van der Waals surface area contributed by atoms with Gasteiger partial charge in [0.1, 0.15) is 19.1 Å². The first-order valence-corrected chi connectivity index (χ1v) is 5.92. The second-order valence-corrected chi connectivity index (χ2v) is 4.67. The van der Waals surface area contributed by atoms with Crippen LogP contribution in [-0.2, 0) is 14.3 Å². The fraction of sp³-hybridized carbons (Fsp3) is 0.800. The maximum Gasteiger partial charge on any atom is 0.315 e. The van der Waals surface area contributed by atoms with Gasteiger partial charge < -0.3 is 9.94 Å². The number of esters is 1. The maximum absolute atomic E-state index is 12.8. The highest BCUT2D eigenvalue weighted by molar-refractivity contribution is 5.76. The third-order valence-electron chi connectivity index (χ3n) is 3.54. The van der Waals surface area contributed by atoms with Gasteiger partial charge in [0.05, 0.1) is 7.11 Å². The molecule has 2 aliphatic rings. The number of nitrogens with one attached hydrogen (secondary N) is 1. The summed E-state index contributed by atoms with van der Waals surface area (Å²) in [5.74, 6) is -1.28. The number of nitrogens with zero attached hydrogens (tertiary/aromatic N) is 2. The van der Waals surface area contributed by atoms with E-state index in [0.29, 0.717) is 13.0 Å². The molecule has 2 rings (SSSR count). The van der Waals surface area contributed by atoms with Crippen molar-refractivity contribution < 1.29 is 19.1 Å². The Hall–Kier alpha value is -1.22. The van der Waals surface area contributed by atoms with Crippen molar-refractivity contribution in [2.75, 3.05) is 26.9 Å². The molecule has 0 aromatic rings. The predicted octanol–water partition coefficient (Wildman–Crippen LogP) is -1.53. The zero-order valence-electron chi connectivity index (χ0n) is 10.3. The van der Waals surface area contributed by atoms with E-state index in [-0.39, 0.29) is 25.5 Å². The van der Waals surface area contributed by atoms with Crippen molar-refractivity contribution in [2.45, 2.75) is 19.0 Å². The molecule has 0 bridgehead atoms. The molecule has 102 valence electrons. The minimum Gasteiger partial charge on any atom is -0.605 e. The van der Waals surface area contributed by atoms with E-state index in [1.165, 1.54) is 7.11 Å². The minimum absolute atomic E-state index is 0.0629. The largest absolute Gasteiger partial charge is 0.605 e. The number of hydrogen-bond donors (Lipinski definition) is 2. The van der Waals surface area contributed by atoms with Gasteiger partial charge in [-0.25, -0.2) is 4.76 Å². The van der Waals surface area contributed by atoms with E-state index in [9.17, 15) is 14.8 Å². The highest BCUT2D eigenvalue weighted by Crippen LogP contribution is 2.27. The highest BCUT2D eigenvalue weighted by atomic mass is 16.6. The molecular weight excluding hydrogens is 240 g/mol. The van der Waals surface area contributed by atoms with E-state index in [1.54, 1.807) is 0 Å². The van der Waals surface area contributed by atoms with Gasteiger partial charge in [-0.15, -0.1) is 0 Å². The highest BCUT2D eigenvalue weighted by Gasteiger charge is 2.46. The first-order chi connectivity index (χ1) is 8.49. The zero-order valence-corrected chi connectivity index (χ0v) is 10.3. The minimum atomic E-state index is -0.967. The summed E-state index contributed by atoms with van der Waals surface area (Å²) in [6.07, 6.45) is -0.101. The second-order valence-electron chi connectivity index (χ2n) is 4.67. The molecule has 8 heteroatoms. The third kappa shape index (κ3) is 2.07. The molecule has 3 atom stereocenters. The molecule has 3 N–H and O–H groups in total. The summed E-state index contributed by atoms with van der Waals surface area (Å²) in [5.41, 5.74) is 5.85. The van der Waals surface area contributed by atoms with Crippen molar-refractivity contribution in [3.63, 3.8) is 0 Å². The van der Waals surface area contributed by atoms with E-state index >= 15 is 0 Å². The number of hydroxylamine groups is 2. The summed E-state index contributed by atoms with van der Waals surface area (Å²) in [6.45, 7) is 0.363. The molecule has 2 saturated heterocycles. The molecule has 0 saturated carbocycles. The van der Waals surface area contributed by atoms with Gasteiger partial charge in [-0.2, -0.15) is 5.01 Å². The monoisotopic (exact) mass is 258 g/mol. The molecule has 0 aliphatic carbocycles. The third-order valence-corrected chi connectivity index (χ3v) is 3.54. The Kier molecular flexibility index (Phi) is 3.53. The Morgan fingerprint density at radius 2 is 2.39 bits per heavy atom. The van der Waals surface area contributed by atoms with E-state index in [1.807, 2.05) is 0 Å². The van der Waals surface area contributed by atoms with Crippen LogP contribution in [0, 0.1) is 11.1 Å².